The van der Waals surface area contributed by atoms with Crippen LogP contribution in [-0.2, 0) is 0 Å². The molecule has 0 aliphatic heterocycles. The molecule has 1 aromatic carbocycles. The highest BCUT2D eigenvalue weighted by molar-refractivity contribution is 6.02. The van der Waals surface area contributed by atoms with Gasteiger partial charge in [-0.15, -0.1) is 0 Å². The van der Waals surface area contributed by atoms with Gasteiger partial charge in [0.15, 0.2) is 5.78 Å². The van der Waals surface area contributed by atoms with Crippen molar-refractivity contribution in [3.8, 4) is 11.5 Å². The standard InChI is InChI=1S/C12H15NO5/c1-17-10-6-11(18-2)8(12(15)16)5-7(10)9(14)3-4-13/h5-6H,3-4,13H2,1-2H3,(H,15,16). The van der Waals surface area contributed by atoms with Crippen LogP contribution in [0.2, 0.25) is 0 Å². The molecule has 6 heteroatoms. The second-order valence-corrected chi connectivity index (χ2v) is 3.52. The third-order valence-electron chi connectivity index (χ3n) is 2.42. The Hall–Kier alpha value is -2.08. The molecule has 1 aromatic rings. The molecule has 98 valence electrons. The van der Waals surface area contributed by atoms with Gasteiger partial charge in [-0.05, 0) is 12.6 Å². The molecule has 0 heterocycles. The molecule has 0 radical (unpaired) electrons. The molecule has 0 bridgehead atoms. The minimum absolute atomic E-state index is 0.0846. The van der Waals surface area contributed by atoms with Crippen molar-refractivity contribution in [1.29, 1.82) is 0 Å². The molecule has 0 saturated carbocycles. The fourth-order valence-electron chi connectivity index (χ4n) is 1.55. The van der Waals surface area contributed by atoms with Crippen LogP contribution in [0.5, 0.6) is 11.5 Å². The topological polar surface area (TPSA) is 98.9 Å². The van der Waals surface area contributed by atoms with Crippen LogP contribution in [0, 0.1) is 0 Å². The van der Waals surface area contributed by atoms with Gasteiger partial charge in [0, 0.05) is 12.5 Å². The molecular weight excluding hydrogens is 238 g/mol. The Kier molecular flexibility index (Phi) is 4.67. The van der Waals surface area contributed by atoms with E-state index in [0.29, 0.717) is 0 Å². The van der Waals surface area contributed by atoms with E-state index in [4.69, 9.17) is 20.3 Å². The highest BCUT2D eigenvalue weighted by Gasteiger charge is 2.19. The predicted molar refractivity (Wildman–Crippen MR) is 64.5 cm³/mol. The van der Waals surface area contributed by atoms with Crippen LogP contribution in [-0.4, -0.2) is 37.6 Å². The Balaban J connectivity index is 3.36. The van der Waals surface area contributed by atoms with Gasteiger partial charge in [-0.3, -0.25) is 4.79 Å². The van der Waals surface area contributed by atoms with Crippen LogP contribution in [0.3, 0.4) is 0 Å². The molecular formula is C12H15NO5. The summed E-state index contributed by atoms with van der Waals surface area (Å²) in [5, 5.41) is 9.04. The maximum atomic E-state index is 11.8. The van der Waals surface area contributed by atoms with Crippen molar-refractivity contribution >= 4 is 11.8 Å². The number of methoxy groups -OCH3 is 2. The lowest BCUT2D eigenvalue weighted by atomic mass is 10.0. The van der Waals surface area contributed by atoms with Crippen molar-refractivity contribution in [3.63, 3.8) is 0 Å². The number of rotatable bonds is 6. The fourth-order valence-corrected chi connectivity index (χ4v) is 1.55. The van der Waals surface area contributed by atoms with Gasteiger partial charge in [-0.1, -0.05) is 0 Å². The van der Waals surface area contributed by atoms with Crippen LogP contribution in [0.4, 0.5) is 0 Å². The van der Waals surface area contributed by atoms with E-state index in [9.17, 15) is 9.59 Å². The number of hydrogen-bond acceptors (Lipinski definition) is 5. The second-order valence-electron chi connectivity index (χ2n) is 3.52. The van der Waals surface area contributed by atoms with Gasteiger partial charge in [0.05, 0.1) is 19.8 Å². The molecule has 0 unspecified atom stereocenters. The van der Waals surface area contributed by atoms with Crippen molar-refractivity contribution in [1.82, 2.24) is 0 Å². The Morgan fingerprint density at radius 2 is 1.72 bits per heavy atom. The van der Waals surface area contributed by atoms with Crippen LogP contribution in [0.1, 0.15) is 27.1 Å². The lowest BCUT2D eigenvalue weighted by Gasteiger charge is -2.12. The Morgan fingerprint density at radius 3 is 2.17 bits per heavy atom. The van der Waals surface area contributed by atoms with Gasteiger partial charge in [0.2, 0.25) is 0 Å². The van der Waals surface area contributed by atoms with E-state index in [0.717, 1.165) is 0 Å². The number of aromatic carboxylic acids is 1. The minimum Gasteiger partial charge on any atom is -0.496 e. The van der Waals surface area contributed by atoms with Crippen molar-refractivity contribution in [2.24, 2.45) is 5.73 Å². The van der Waals surface area contributed by atoms with Gasteiger partial charge >= 0.3 is 5.97 Å². The number of carboxylic acids is 1. The molecule has 0 spiro atoms. The summed E-state index contributed by atoms with van der Waals surface area (Å²) in [7, 11) is 2.75. The van der Waals surface area contributed by atoms with E-state index in [1.807, 2.05) is 0 Å². The summed E-state index contributed by atoms with van der Waals surface area (Å²) >= 11 is 0. The SMILES string of the molecule is COc1cc(OC)c(C(=O)CCN)cc1C(=O)O. The summed E-state index contributed by atoms with van der Waals surface area (Å²) in [6, 6.07) is 2.63. The number of carbonyl (C=O) groups is 2. The number of nitrogens with two attached hydrogens (primary N) is 1. The summed E-state index contributed by atoms with van der Waals surface area (Å²) in [6.07, 6.45) is 0.127. The molecule has 0 fully saturated rings. The highest BCUT2D eigenvalue weighted by Crippen LogP contribution is 2.29. The van der Waals surface area contributed by atoms with E-state index < -0.39 is 5.97 Å². The number of benzene rings is 1. The largest absolute Gasteiger partial charge is 0.496 e. The first kappa shape index (κ1) is 14.0. The first-order valence-electron chi connectivity index (χ1n) is 5.27. The smallest absolute Gasteiger partial charge is 0.339 e. The average molecular weight is 253 g/mol. The molecule has 0 aromatic heterocycles. The Morgan fingerprint density at radius 1 is 1.17 bits per heavy atom. The quantitative estimate of drug-likeness (QED) is 0.732. The molecule has 0 aliphatic rings. The van der Waals surface area contributed by atoms with Crippen LogP contribution in [0.25, 0.3) is 0 Å². The summed E-state index contributed by atoms with van der Waals surface area (Å²) in [6.45, 7) is 0.191. The Bertz CT molecular complexity index is 470. The van der Waals surface area contributed by atoms with E-state index in [-0.39, 0.29) is 41.4 Å². The van der Waals surface area contributed by atoms with Crippen molar-refractivity contribution in [2.45, 2.75) is 6.42 Å². The molecule has 0 aliphatic carbocycles. The average Bonchev–Trinajstić information content (AvgIpc) is 2.37. The zero-order valence-corrected chi connectivity index (χ0v) is 10.2. The fraction of sp³-hybridized carbons (Fsp3) is 0.333. The van der Waals surface area contributed by atoms with E-state index in [1.54, 1.807) is 0 Å². The molecule has 0 saturated heterocycles. The predicted octanol–water partition coefficient (Wildman–Crippen LogP) is 0.933. The van der Waals surface area contributed by atoms with Gasteiger partial charge in [0.25, 0.3) is 0 Å². The number of carboxylic acid groups (broad SMARTS) is 1. The maximum absolute atomic E-state index is 11.8. The summed E-state index contributed by atoms with van der Waals surface area (Å²) in [4.78, 5) is 22.9. The molecule has 18 heavy (non-hydrogen) atoms. The second kappa shape index (κ2) is 6.02. The molecule has 0 atom stereocenters. The monoisotopic (exact) mass is 253 g/mol. The van der Waals surface area contributed by atoms with Crippen molar-refractivity contribution in [3.05, 3.63) is 23.3 Å². The lowest BCUT2D eigenvalue weighted by Crippen LogP contribution is -2.11. The summed E-state index contributed by atoms with van der Waals surface area (Å²) in [5.41, 5.74) is 5.42. The molecule has 6 nitrogen and oxygen atoms in total. The third kappa shape index (κ3) is 2.78. The van der Waals surface area contributed by atoms with Gasteiger partial charge in [-0.25, -0.2) is 4.79 Å². The van der Waals surface area contributed by atoms with Crippen LogP contribution < -0.4 is 15.2 Å². The molecule has 3 N–H and O–H groups in total. The lowest BCUT2D eigenvalue weighted by molar-refractivity contribution is 0.0693. The number of Topliss-reactive ketones (excluding diaryl/α,β-unsaturated/α-hetero) is 1. The van der Waals surface area contributed by atoms with Gasteiger partial charge in [0.1, 0.15) is 17.1 Å². The zero-order valence-electron chi connectivity index (χ0n) is 10.2. The molecule has 1 rings (SSSR count). The van der Waals surface area contributed by atoms with Crippen LogP contribution in [0.15, 0.2) is 12.1 Å². The van der Waals surface area contributed by atoms with Gasteiger partial charge in [-0.2, -0.15) is 0 Å². The summed E-state index contributed by atoms with van der Waals surface area (Å²) < 4.78 is 10.0. The summed E-state index contributed by atoms with van der Waals surface area (Å²) in [5.74, 6) is -1.02. The normalized spacial score (nSPS) is 9.94. The minimum atomic E-state index is -1.17. The highest BCUT2D eigenvalue weighted by atomic mass is 16.5. The molecule has 0 amide bonds. The Labute approximate surface area is 104 Å². The number of hydrogen-bond donors (Lipinski definition) is 2. The van der Waals surface area contributed by atoms with Crippen LogP contribution >= 0.6 is 0 Å². The van der Waals surface area contributed by atoms with E-state index in [1.165, 1.54) is 26.4 Å². The third-order valence-corrected chi connectivity index (χ3v) is 2.42. The van der Waals surface area contributed by atoms with E-state index >= 15 is 0 Å². The first-order valence-corrected chi connectivity index (χ1v) is 5.27. The number of ether oxygens (including phenoxy) is 2. The van der Waals surface area contributed by atoms with Crippen molar-refractivity contribution in [2.75, 3.05) is 20.8 Å². The number of carbonyl (C=O) groups excluding carboxylic acids is 1. The maximum Gasteiger partial charge on any atom is 0.339 e. The first-order chi connectivity index (χ1) is 8.54. The number of ketones is 1. The van der Waals surface area contributed by atoms with Gasteiger partial charge < -0.3 is 20.3 Å². The zero-order chi connectivity index (χ0) is 13.7. The van der Waals surface area contributed by atoms with Crippen molar-refractivity contribution < 1.29 is 24.2 Å². The van der Waals surface area contributed by atoms with E-state index in [2.05, 4.69) is 0 Å².